The predicted octanol–water partition coefficient (Wildman–Crippen LogP) is 0.414. The number of hydrogen-bond acceptors (Lipinski definition) is 4. The summed E-state index contributed by atoms with van der Waals surface area (Å²) >= 11 is 0. The van der Waals surface area contributed by atoms with Crippen LogP contribution in [0.1, 0.15) is 10.4 Å². The monoisotopic (exact) mass is 244 g/mol. The fourth-order valence-corrected chi connectivity index (χ4v) is 1.57. The number of ether oxygens (including phenoxy) is 1. The highest BCUT2D eigenvalue weighted by Crippen LogP contribution is 2.19. The molecule has 0 aliphatic heterocycles. The average Bonchev–Trinajstić information content (AvgIpc) is 2.38. The summed E-state index contributed by atoms with van der Waals surface area (Å²) in [5, 5.41) is 10.6. The normalized spacial score (nSPS) is 10.1. The number of aromatic amines is 1. The van der Waals surface area contributed by atoms with Crippen LogP contribution in [0.4, 0.5) is 0 Å². The molecular formula is C13H10NO4-. The maximum absolute atomic E-state index is 11.5. The van der Waals surface area contributed by atoms with Crippen molar-refractivity contribution in [3.8, 4) is 17.0 Å². The summed E-state index contributed by atoms with van der Waals surface area (Å²) in [5.74, 6) is -0.787. The number of nitrogens with one attached hydrogen (secondary N) is 1. The third kappa shape index (κ3) is 2.24. The van der Waals surface area contributed by atoms with Crippen molar-refractivity contribution in [3.63, 3.8) is 0 Å². The zero-order chi connectivity index (χ0) is 13.1. The van der Waals surface area contributed by atoms with Crippen molar-refractivity contribution in [3.05, 3.63) is 52.3 Å². The number of benzene rings is 1. The molecule has 0 atom stereocenters. The second kappa shape index (κ2) is 4.75. The minimum Gasteiger partial charge on any atom is -0.545 e. The van der Waals surface area contributed by atoms with Crippen LogP contribution in [0.2, 0.25) is 0 Å². The van der Waals surface area contributed by atoms with Gasteiger partial charge < -0.3 is 19.6 Å². The van der Waals surface area contributed by atoms with E-state index < -0.39 is 11.5 Å². The molecule has 2 aromatic rings. The first-order valence-corrected chi connectivity index (χ1v) is 5.21. The Hall–Kier alpha value is -2.56. The van der Waals surface area contributed by atoms with E-state index in [0.29, 0.717) is 11.4 Å². The van der Waals surface area contributed by atoms with Crippen molar-refractivity contribution in [2.24, 2.45) is 0 Å². The Bertz CT molecular complexity index is 628. The zero-order valence-corrected chi connectivity index (χ0v) is 9.60. The van der Waals surface area contributed by atoms with Gasteiger partial charge in [-0.25, -0.2) is 0 Å². The molecule has 0 bridgehead atoms. The number of rotatable bonds is 3. The van der Waals surface area contributed by atoms with E-state index in [9.17, 15) is 14.7 Å². The lowest BCUT2D eigenvalue weighted by atomic mass is 10.1. The van der Waals surface area contributed by atoms with E-state index in [-0.39, 0.29) is 5.56 Å². The first-order valence-electron chi connectivity index (χ1n) is 5.21. The van der Waals surface area contributed by atoms with Crippen LogP contribution in [0, 0.1) is 0 Å². The number of aromatic carboxylic acids is 1. The fraction of sp³-hybridized carbons (Fsp3) is 0.0769. The van der Waals surface area contributed by atoms with Crippen molar-refractivity contribution < 1.29 is 14.6 Å². The summed E-state index contributed by atoms with van der Waals surface area (Å²) in [6, 6.07) is 9.79. The van der Waals surface area contributed by atoms with Crippen LogP contribution in [0.15, 0.2) is 41.2 Å². The van der Waals surface area contributed by atoms with Gasteiger partial charge in [0.1, 0.15) is 5.75 Å². The van der Waals surface area contributed by atoms with E-state index in [1.54, 1.807) is 31.4 Å². The minimum absolute atomic E-state index is 0.382. The lowest BCUT2D eigenvalue weighted by Crippen LogP contribution is -2.29. The van der Waals surface area contributed by atoms with Gasteiger partial charge in [-0.15, -0.1) is 0 Å². The summed E-state index contributed by atoms with van der Waals surface area (Å²) in [4.78, 5) is 24.6. The van der Waals surface area contributed by atoms with Gasteiger partial charge in [-0.1, -0.05) is 0 Å². The first kappa shape index (κ1) is 11.9. The van der Waals surface area contributed by atoms with Crippen LogP contribution in [0.3, 0.4) is 0 Å². The van der Waals surface area contributed by atoms with E-state index in [1.807, 2.05) is 0 Å². The molecular weight excluding hydrogens is 234 g/mol. The van der Waals surface area contributed by atoms with Crippen LogP contribution in [-0.4, -0.2) is 18.1 Å². The average molecular weight is 244 g/mol. The van der Waals surface area contributed by atoms with Gasteiger partial charge in [0.15, 0.2) is 0 Å². The molecule has 0 amide bonds. The molecule has 0 saturated carbocycles. The van der Waals surface area contributed by atoms with Gasteiger partial charge in [0.2, 0.25) is 0 Å². The lowest BCUT2D eigenvalue weighted by Gasteiger charge is -2.05. The van der Waals surface area contributed by atoms with Gasteiger partial charge in [0.05, 0.1) is 18.6 Å². The molecule has 0 unspecified atom stereocenters. The van der Waals surface area contributed by atoms with Crippen LogP contribution in [0.25, 0.3) is 11.3 Å². The Kier molecular flexibility index (Phi) is 3.14. The summed E-state index contributed by atoms with van der Waals surface area (Å²) in [7, 11) is 1.56. The van der Waals surface area contributed by atoms with Gasteiger partial charge in [0.25, 0.3) is 5.56 Å². The van der Waals surface area contributed by atoms with Gasteiger partial charge in [-0.2, -0.15) is 0 Å². The summed E-state index contributed by atoms with van der Waals surface area (Å²) in [6.07, 6.45) is 0. The quantitative estimate of drug-likeness (QED) is 0.847. The summed E-state index contributed by atoms with van der Waals surface area (Å²) in [5.41, 5.74) is 0.237. The third-order valence-corrected chi connectivity index (χ3v) is 2.53. The second-order valence-corrected chi connectivity index (χ2v) is 3.63. The molecule has 0 radical (unpaired) electrons. The van der Waals surface area contributed by atoms with Crippen LogP contribution < -0.4 is 15.4 Å². The van der Waals surface area contributed by atoms with Crippen molar-refractivity contribution in [1.29, 1.82) is 0 Å². The molecule has 92 valence electrons. The highest BCUT2D eigenvalue weighted by atomic mass is 16.5. The number of pyridine rings is 1. The second-order valence-electron chi connectivity index (χ2n) is 3.63. The Morgan fingerprint density at radius 2 is 1.83 bits per heavy atom. The van der Waals surface area contributed by atoms with E-state index in [2.05, 4.69) is 4.98 Å². The smallest absolute Gasteiger partial charge is 0.257 e. The maximum Gasteiger partial charge on any atom is 0.257 e. The topological polar surface area (TPSA) is 82.2 Å². The molecule has 0 fully saturated rings. The molecule has 0 saturated heterocycles. The van der Waals surface area contributed by atoms with Crippen LogP contribution in [-0.2, 0) is 0 Å². The zero-order valence-electron chi connectivity index (χ0n) is 9.60. The van der Waals surface area contributed by atoms with Crippen LogP contribution in [0.5, 0.6) is 5.75 Å². The Labute approximate surface area is 103 Å². The van der Waals surface area contributed by atoms with E-state index >= 15 is 0 Å². The summed E-state index contributed by atoms with van der Waals surface area (Å²) < 4.78 is 5.02. The first-order chi connectivity index (χ1) is 8.61. The molecule has 2 rings (SSSR count). The molecule has 1 aromatic heterocycles. The number of carboxylic acids is 1. The number of methoxy groups -OCH3 is 1. The molecule has 1 N–H and O–H groups in total. The Morgan fingerprint density at radius 1 is 1.17 bits per heavy atom. The van der Waals surface area contributed by atoms with Crippen molar-refractivity contribution in [2.75, 3.05) is 7.11 Å². The molecule has 0 aliphatic rings. The van der Waals surface area contributed by atoms with E-state index in [0.717, 1.165) is 5.56 Å². The molecule has 0 aliphatic carbocycles. The molecule has 0 spiro atoms. The lowest BCUT2D eigenvalue weighted by molar-refractivity contribution is -0.255. The highest BCUT2D eigenvalue weighted by Gasteiger charge is 2.04. The Balaban J connectivity index is 2.42. The molecule has 1 aromatic carbocycles. The molecule has 5 nitrogen and oxygen atoms in total. The number of hydrogen-bond donors (Lipinski definition) is 1. The number of carbonyl (C=O) groups excluding carboxylic acids is 1. The van der Waals surface area contributed by atoms with Gasteiger partial charge in [-0.3, -0.25) is 4.79 Å². The maximum atomic E-state index is 11.5. The van der Waals surface area contributed by atoms with Crippen molar-refractivity contribution in [1.82, 2.24) is 4.98 Å². The highest BCUT2D eigenvalue weighted by molar-refractivity contribution is 5.85. The van der Waals surface area contributed by atoms with Crippen molar-refractivity contribution >= 4 is 5.97 Å². The third-order valence-electron chi connectivity index (χ3n) is 2.53. The van der Waals surface area contributed by atoms with Gasteiger partial charge in [-0.05, 0) is 42.0 Å². The van der Waals surface area contributed by atoms with Gasteiger partial charge >= 0.3 is 0 Å². The fourth-order valence-electron chi connectivity index (χ4n) is 1.57. The Morgan fingerprint density at radius 3 is 2.33 bits per heavy atom. The number of carbonyl (C=O) groups is 1. The van der Waals surface area contributed by atoms with Crippen LogP contribution >= 0.6 is 0 Å². The number of carboxylic acid groups (broad SMARTS) is 1. The SMILES string of the molecule is COc1ccc(-c2ccc(C(=O)[O-])c(=O)[nH]2)cc1. The molecule has 18 heavy (non-hydrogen) atoms. The van der Waals surface area contributed by atoms with E-state index in [1.165, 1.54) is 12.1 Å². The van der Waals surface area contributed by atoms with Gasteiger partial charge in [0, 0.05) is 5.69 Å². The number of H-pyrrole nitrogens is 1. The van der Waals surface area contributed by atoms with E-state index in [4.69, 9.17) is 4.74 Å². The van der Waals surface area contributed by atoms with Crippen molar-refractivity contribution in [2.45, 2.75) is 0 Å². The number of aromatic nitrogens is 1. The minimum atomic E-state index is -1.49. The molecule has 1 heterocycles. The standard InChI is InChI=1S/C13H11NO4/c1-18-9-4-2-8(3-5-9)11-7-6-10(13(16)17)12(15)14-11/h2-7H,1H3,(H,14,15)(H,16,17)/p-1. The summed E-state index contributed by atoms with van der Waals surface area (Å²) in [6.45, 7) is 0. The predicted molar refractivity (Wildman–Crippen MR) is 63.4 cm³/mol. The molecule has 5 heteroatoms. The largest absolute Gasteiger partial charge is 0.545 e.